The Bertz CT molecular complexity index is 361. The zero-order valence-electron chi connectivity index (χ0n) is 9.12. The van der Waals surface area contributed by atoms with Gasteiger partial charge in [-0.3, -0.25) is 4.68 Å². The maximum Gasteiger partial charge on any atom is 0.0521 e. The average molecular weight is 225 g/mol. The molecule has 0 saturated heterocycles. The van der Waals surface area contributed by atoms with Gasteiger partial charge >= 0.3 is 0 Å². The molecular weight excluding hydrogens is 208 g/mol. The third kappa shape index (κ3) is 1.69. The fraction of sp³-hybridized carbons (Fsp3) is 0.750. The van der Waals surface area contributed by atoms with E-state index >= 15 is 0 Å². The first-order valence-electron chi connectivity index (χ1n) is 5.74. The topological polar surface area (TPSA) is 17.8 Å². The average Bonchev–Trinajstić information content (AvgIpc) is 2.65. The first-order chi connectivity index (χ1) is 7.21. The summed E-state index contributed by atoms with van der Waals surface area (Å²) < 4.78 is 1.88. The first kappa shape index (κ1) is 9.71. The van der Waals surface area contributed by atoms with Crippen molar-refractivity contribution in [2.45, 2.75) is 25.7 Å². The normalized spacial score (nSPS) is 38.0. The molecule has 1 aromatic heterocycles. The van der Waals surface area contributed by atoms with E-state index in [9.17, 15) is 0 Å². The van der Waals surface area contributed by atoms with Gasteiger partial charge in [-0.1, -0.05) is 0 Å². The number of hydrogen-bond acceptors (Lipinski definition) is 1. The Hall–Kier alpha value is -0.500. The highest BCUT2D eigenvalue weighted by molar-refractivity contribution is 6.18. The second-order valence-electron chi connectivity index (χ2n) is 5.50. The summed E-state index contributed by atoms with van der Waals surface area (Å²) in [5.41, 5.74) is 1.73. The summed E-state index contributed by atoms with van der Waals surface area (Å²) in [6.45, 7) is 0. The molecule has 2 nitrogen and oxygen atoms in total. The Morgan fingerprint density at radius 2 is 2.27 bits per heavy atom. The summed E-state index contributed by atoms with van der Waals surface area (Å²) in [7, 11) is 1.98. The predicted octanol–water partition coefficient (Wildman–Crippen LogP) is 2.62. The molecule has 3 rings (SSSR count). The van der Waals surface area contributed by atoms with Crippen molar-refractivity contribution in [2.24, 2.45) is 24.3 Å². The number of aryl methyl sites for hydroxylation is 1. The summed E-state index contributed by atoms with van der Waals surface area (Å²) in [4.78, 5) is 0. The smallest absolute Gasteiger partial charge is 0.0521 e. The number of fused-ring (bicyclic) bond motifs is 1. The summed E-state index contributed by atoms with van der Waals surface area (Å²) in [5, 5.41) is 4.23. The Morgan fingerprint density at radius 3 is 2.80 bits per heavy atom. The van der Waals surface area contributed by atoms with E-state index in [1.54, 1.807) is 0 Å². The van der Waals surface area contributed by atoms with Crippen LogP contribution in [-0.4, -0.2) is 15.7 Å². The number of halogens is 1. The molecule has 15 heavy (non-hydrogen) atoms. The lowest BCUT2D eigenvalue weighted by molar-refractivity contribution is 0.303. The molecule has 0 radical (unpaired) electrons. The summed E-state index contributed by atoms with van der Waals surface area (Å²) in [6, 6.07) is 0. The largest absolute Gasteiger partial charge is 0.276 e. The molecule has 0 amide bonds. The molecule has 82 valence electrons. The molecule has 2 atom stereocenters. The van der Waals surface area contributed by atoms with Crippen LogP contribution in [0, 0.1) is 17.3 Å². The Kier molecular flexibility index (Phi) is 2.10. The second kappa shape index (κ2) is 3.24. The van der Waals surface area contributed by atoms with Crippen LogP contribution >= 0.6 is 11.6 Å². The van der Waals surface area contributed by atoms with Crippen LogP contribution in [0.15, 0.2) is 12.4 Å². The van der Waals surface area contributed by atoms with Crippen molar-refractivity contribution < 1.29 is 0 Å². The Morgan fingerprint density at radius 1 is 1.53 bits per heavy atom. The van der Waals surface area contributed by atoms with E-state index in [0.29, 0.717) is 5.41 Å². The maximum absolute atomic E-state index is 6.18. The Labute approximate surface area is 95.6 Å². The maximum atomic E-state index is 6.18. The van der Waals surface area contributed by atoms with Crippen LogP contribution in [0.5, 0.6) is 0 Å². The van der Waals surface area contributed by atoms with Crippen LogP contribution in [0.2, 0.25) is 0 Å². The van der Waals surface area contributed by atoms with E-state index in [-0.39, 0.29) is 0 Å². The van der Waals surface area contributed by atoms with E-state index < -0.39 is 0 Å². The number of alkyl halides is 1. The van der Waals surface area contributed by atoms with Crippen molar-refractivity contribution >= 4 is 11.6 Å². The number of hydrogen-bond donors (Lipinski definition) is 0. The molecule has 0 bridgehead atoms. The van der Waals surface area contributed by atoms with E-state index in [4.69, 9.17) is 11.6 Å². The van der Waals surface area contributed by atoms with Crippen LogP contribution in [0.3, 0.4) is 0 Å². The van der Waals surface area contributed by atoms with E-state index in [2.05, 4.69) is 11.3 Å². The number of nitrogens with zero attached hydrogens (tertiary/aromatic N) is 2. The second-order valence-corrected chi connectivity index (χ2v) is 5.76. The van der Waals surface area contributed by atoms with Gasteiger partial charge in [0, 0.05) is 19.1 Å². The molecule has 0 aliphatic heterocycles. The van der Waals surface area contributed by atoms with Crippen LogP contribution in [0.4, 0.5) is 0 Å². The third-order valence-electron chi connectivity index (χ3n) is 4.08. The van der Waals surface area contributed by atoms with Gasteiger partial charge in [0.05, 0.1) is 6.20 Å². The van der Waals surface area contributed by atoms with Gasteiger partial charge in [-0.25, -0.2) is 0 Å². The zero-order chi connectivity index (χ0) is 10.5. The molecule has 0 N–H and O–H groups in total. The molecule has 0 aromatic carbocycles. The Balaban J connectivity index is 1.75. The molecule has 2 aliphatic rings. The van der Waals surface area contributed by atoms with Crippen molar-refractivity contribution in [1.82, 2.24) is 9.78 Å². The minimum atomic E-state index is 0.387. The van der Waals surface area contributed by atoms with Crippen LogP contribution < -0.4 is 0 Å². The third-order valence-corrected chi connectivity index (χ3v) is 4.65. The number of aromatic nitrogens is 2. The lowest BCUT2D eigenvalue weighted by atomic mass is 9.80. The first-order valence-corrected chi connectivity index (χ1v) is 6.28. The summed E-state index contributed by atoms with van der Waals surface area (Å²) in [5.74, 6) is 2.82. The summed E-state index contributed by atoms with van der Waals surface area (Å²) >= 11 is 6.18. The SMILES string of the molecule is Cn1cc(CC2(CCl)CC3CC3C2)cn1. The van der Waals surface area contributed by atoms with E-state index in [1.165, 1.54) is 24.8 Å². The highest BCUT2D eigenvalue weighted by Crippen LogP contribution is 2.61. The lowest BCUT2D eigenvalue weighted by Gasteiger charge is -2.27. The molecule has 3 heteroatoms. The van der Waals surface area contributed by atoms with Gasteiger partial charge in [0.2, 0.25) is 0 Å². The fourth-order valence-corrected chi connectivity index (χ4v) is 3.62. The van der Waals surface area contributed by atoms with Crippen LogP contribution in [0.25, 0.3) is 0 Å². The van der Waals surface area contributed by atoms with Gasteiger partial charge in [0.15, 0.2) is 0 Å². The van der Waals surface area contributed by atoms with Gasteiger partial charge in [0.25, 0.3) is 0 Å². The van der Waals surface area contributed by atoms with Crippen LogP contribution in [0.1, 0.15) is 24.8 Å². The molecule has 2 unspecified atom stereocenters. The summed E-state index contributed by atoms with van der Waals surface area (Å²) in [6.07, 6.45) is 9.38. The standard InChI is InChI=1S/C12H17ClN2/c1-15-7-9(6-14-15)3-12(8-13)4-10-2-11(10)5-12/h6-7,10-11H,2-5,8H2,1H3. The van der Waals surface area contributed by atoms with E-state index in [1.807, 2.05) is 17.9 Å². The number of rotatable bonds is 3. The van der Waals surface area contributed by atoms with Gasteiger partial charge in [-0.15, -0.1) is 11.6 Å². The highest BCUT2D eigenvalue weighted by Gasteiger charge is 2.53. The predicted molar refractivity (Wildman–Crippen MR) is 60.9 cm³/mol. The molecule has 2 saturated carbocycles. The van der Waals surface area contributed by atoms with Crippen molar-refractivity contribution in [2.75, 3.05) is 5.88 Å². The molecule has 0 spiro atoms. The van der Waals surface area contributed by atoms with Crippen molar-refractivity contribution in [1.29, 1.82) is 0 Å². The highest BCUT2D eigenvalue weighted by atomic mass is 35.5. The van der Waals surface area contributed by atoms with Crippen molar-refractivity contribution in [3.05, 3.63) is 18.0 Å². The fourth-order valence-electron chi connectivity index (χ4n) is 3.30. The lowest BCUT2D eigenvalue weighted by Crippen LogP contribution is -2.23. The molecule has 1 heterocycles. The van der Waals surface area contributed by atoms with Crippen molar-refractivity contribution in [3.63, 3.8) is 0 Å². The van der Waals surface area contributed by atoms with Gasteiger partial charge in [0.1, 0.15) is 0 Å². The van der Waals surface area contributed by atoms with E-state index in [0.717, 1.165) is 24.1 Å². The monoisotopic (exact) mass is 224 g/mol. The quantitative estimate of drug-likeness (QED) is 0.722. The molecule has 2 aliphatic carbocycles. The van der Waals surface area contributed by atoms with Crippen molar-refractivity contribution in [3.8, 4) is 0 Å². The zero-order valence-corrected chi connectivity index (χ0v) is 9.87. The molecule has 1 aromatic rings. The minimum absolute atomic E-state index is 0.387. The van der Waals surface area contributed by atoms with Crippen LogP contribution in [-0.2, 0) is 13.5 Å². The minimum Gasteiger partial charge on any atom is -0.276 e. The molecular formula is C12H17ClN2. The van der Waals surface area contributed by atoms with Gasteiger partial charge < -0.3 is 0 Å². The van der Waals surface area contributed by atoms with Gasteiger partial charge in [-0.2, -0.15) is 5.10 Å². The molecule has 2 fully saturated rings. The van der Waals surface area contributed by atoms with Gasteiger partial charge in [-0.05, 0) is 48.5 Å².